The Balaban J connectivity index is 2.94. The fourth-order valence-corrected chi connectivity index (χ4v) is 2.50. The number of ketones is 1. The van der Waals surface area contributed by atoms with Gasteiger partial charge in [-0.1, -0.05) is 38.0 Å². The van der Waals surface area contributed by atoms with Crippen molar-refractivity contribution >= 4 is 11.8 Å². The first-order valence-corrected chi connectivity index (χ1v) is 8.14. The van der Waals surface area contributed by atoms with Gasteiger partial charge in [0.25, 0.3) is 0 Å². The number of carboxylic acid groups (broad SMARTS) is 1. The highest BCUT2D eigenvalue weighted by Gasteiger charge is 2.49. The van der Waals surface area contributed by atoms with Gasteiger partial charge in [-0.2, -0.15) is 0 Å². The van der Waals surface area contributed by atoms with E-state index in [1.165, 1.54) is 13.0 Å². The van der Waals surface area contributed by atoms with Crippen LogP contribution in [0.4, 0.5) is 0 Å². The van der Waals surface area contributed by atoms with Crippen molar-refractivity contribution in [3.05, 3.63) is 35.5 Å². The predicted molar refractivity (Wildman–Crippen MR) is 89.3 cm³/mol. The minimum atomic E-state index is -2.15. The lowest BCUT2D eigenvalue weighted by Gasteiger charge is -2.39. The highest BCUT2D eigenvalue weighted by molar-refractivity contribution is 5.97. The summed E-state index contributed by atoms with van der Waals surface area (Å²) >= 11 is 0. The van der Waals surface area contributed by atoms with E-state index in [4.69, 9.17) is 5.11 Å². The molecule has 0 radical (unpaired) electrons. The van der Waals surface area contributed by atoms with Gasteiger partial charge in [0.15, 0.2) is 5.78 Å². The Kier molecular flexibility index (Phi) is 7.54. The Morgan fingerprint density at radius 3 is 2.54 bits per heavy atom. The van der Waals surface area contributed by atoms with Crippen LogP contribution in [0.2, 0.25) is 0 Å². The number of carbonyl (C=O) groups is 2. The molecule has 24 heavy (non-hydrogen) atoms. The third-order valence-electron chi connectivity index (χ3n) is 4.20. The number of unbranched alkanes of at least 4 members (excludes halogenated alkanes) is 3. The van der Waals surface area contributed by atoms with Crippen LogP contribution in [0, 0.1) is 0 Å². The lowest BCUT2D eigenvalue weighted by molar-refractivity contribution is -0.158. The molecule has 0 aromatic carbocycles. The minimum absolute atomic E-state index is 0.0403. The number of carbonyl (C=O) groups excluding carboxylic acids is 1. The second-order valence-corrected chi connectivity index (χ2v) is 6.14. The minimum Gasteiger partial charge on any atom is -0.478 e. The average Bonchev–Trinajstić information content (AvgIpc) is 2.55. The van der Waals surface area contributed by atoms with Crippen LogP contribution in [-0.4, -0.2) is 50.0 Å². The molecule has 0 aromatic heterocycles. The van der Waals surface area contributed by atoms with E-state index in [1.54, 1.807) is 6.08 Å². The van der Waals surface area contributed by atoms with Crippen LogP contribution in [-0.2, 0) is 9.59 Å². The molecule has 0 bridgehead atoms. The number of hydrogen-bond donors (Lipinski definition) is 4. The van der Waals surface area contributed by atoms with Gasteiger partial charge < -0.3 is 20.4 Å². The van der Waals surface area contributed by atoms with Crippen molar-refractivity contribution in [2.24, 2.45) is 0 Å². The van der Waals surface area contributed by atoms with Crippen molar-refractivity contribution in [1.29, 1.82) is 0 Å². The molecular formula is C18H26O6. The molecule has 0 spiro atoms. The summed E-state index contributed by atoms with van der Waals surface area (Å²) < 4.78 is 0. The molecule has 0 fully saturated rings. The zero-order valence-electron chi connectivity index (χ0n) is 14.1. The first-order valence-electron chi connectivity index (χ1n) is 8.14. The van der Waals surface area contributed by atoms with Gasteiger partial charge in [0.2, 0.25) is 0 Å². The molecule has 6 nitrogen and oxygen atoms in total. The van der Waals surface area contributed by atoms with Crippen LogP contribution in [0.25, 0.3) is 0 Å². The maximum absolute atomic E-state index is 11.9. The van der Waals surface area contributed by atoms with E-state index in [0.717, 1.165) is 31.8 Å². The second kappa shape index (κ2) is 8.92. The lowest BCUT2D eigenvalue weighted by atomic mass is 9.76. The molecule has 0 unspecified atom stereocenters. The zero-order valence-corrected chi connectivity index (χ0v) is 14.1. The number of rotatable bonds is 8. The molecule has 4 N–H and O–H groups in total. The zero-order chi connectivity index (χ0) is 18.3. The van der Waals surface area contributed by atoms with Gasteiger partial charge >= 0.3 is 5.97 Å². The normalized spacial score (nSPS) is 28.3. The van der Waals surface area contributed by atoms with Crippen LogP contribution in [0.3, 0.4) is 0 Å². The van der Waals surface area contributed by atoms with Crippen LogP contribution in [0.1, 0.15) is 46.0 Å². The van der Waals surface area contributed by atoms with Gasteiger partial charge in [0, 0.05) is 12.0 Å². The van der Waals surface area contributed by atoms with Crippen molar-refractivity contribution in [1.82, 2.24) is 0 Å². The predicted octanol–water partition coefficient (Wildman–Crippen LogP) is 1.51. The Hall–Kier alpha value is -1.76. The third kappa shape index (κ3) is 4.87. The lowest BCUT2D eigenvalue weighted by Crippen LogP contribution is -2.58. The van der Waals surface area contributed by atoms with E-state index >= 15 is 0 Å². The Morgan fingerprint density at radius 2 is 1.96 bits per heavy atom. The Morgan fingerprint density at radius 1 is 1.29 bits per heavy atom. The average molecular weight is 338 g/mol. The summed E-state index contributed by atoms with van der Waals surface area (Å²) in [6.07, 6.45) is 5.99. The molecule has 0 amide bonds. The molecule has 134 valence electrons. The monoisotopic (exact) mass is 338 g/mol. The van der Waals surface area contributed by atoms with Crippen LogP contribution < -0.4 is 0 Å². The highest BCUT2D eigenvalue weighted by Crippen LogP contribution is 2.32. The van der Waals surface area contributed by atoms with Gasteiger partial charge in [0.05, 0.1) is 0 Å². The Bertz CT molecular complexity index is 560. The molecule has 3 atom stereocenters. The van der Waals surface area contributed by atoms with Gasteiger partial charge in [-0.3, -0.25) is 4.79 Å². The van der Waals surface area contributed by atoms with Crippen LogP contribution in [0.15, 0.2) is 35.5 Å². The molecule has 0 heterocycles. The van der Waals surface area contributed by atoms with Gasteiger partial charge in [-0.15, -0.1) is 0 Å². The summed E-state index contributed by atoms with van der Waals surface area (Å²) in [5.74, 6) is -1.88. The quantitative estimate of drug-likeness (QED) is 0.394. The maximum atomic E-state index is 11.9. The van der Waals surface area contributed by atoms with Gasteiger partial charge in [-0.05, 0) is 31.4 Å². The summed E-state index contributed by atoms with van der Waals surface area (Å²) in [6, 6.07) is 0. The first-order chi connectivity index (χ1) is 11.2. The highest BCUT2D eigenvalue weighted by atomic mass is 16.4. The summed E-state index contributed by atoms with van der Waals surface area (Å²) in [4.78, 5) is 22.7. The maximum Gasteiger partial charge on any atom is 0.330 e. The first kappa shape index (κ1) is 20.3. The van der Waals surface area contributed by atoms with Crippen LogP contribution >= 0.6 is 0 Å². The molecule has 6 heteroatoms. The SMILES string of the molecule is CCCCC/C=C/C1=CC(=O)[C@H](O)[C@@](O)(C/C=C(\C)C(=O)O)[C@@H]1O. The van der Waals surface area contributed by atoms with Crippen molar-refractivity contribution < 1.29 is 30.0 Å². The number of carboxylic acids is 1. The van der Waals surface area contributed by atoms with E-state index in [1.807, 2.05) is 6.08 Å². The standard InChI is InChI=1S/C18H26O6/c1-3-4-5-6-7-8-13-11-14(19)16(21)18(24,15(13)20)10-9-12(2)17(22)23/h7-9,11,15-16,20-21,24H,3-6,10H2,1-2H3,(H,22,23)/b8-7+,12-9+/t15-,16+,18-/m1/s1. The van der Waals surface area contributed by atoms with Gasteiger partial charge in [-0.25, -0.2) is 4.79 Å². The number of hydrogen-bond acceptors (Lipinski definition) is 5. The van der Waals surface area contributed by atoms with E-state index in [2.05, 4.69) is 6.92 Å². The van der Waals surface area contributed by atoms with Crippen molar-refractivity contribution in [3.63, 3.8) is 0 Å². The second-order valence-electron chi connectivity index (χ2n) is 6.14. The number of aliphatic carboxylic acids is 1. The summed E-state index contributed by atoms with van der Waals surface area (Å²) in [5.41, 5.74) is -1.97. The van der Waals surface area contributed by atoms with Gasteiger partial charge in [0.1, 0.15) is 17.8 Å². The molecular weight excluding hydrogens is 312 g/mol. The number of aliphatic hydroxyl groups excluding tert-OH is 2. The fourth-order valence-electron chi connectivity index (χ4n) is 2.50. The molecule has 0 saturated heterocycles. The molecule has 0 aromatic rings. The van der Waals surface area contributed by atoms with Crippen LogP contribution in [0.5, 0.6) is 0 Å². The fraction of sp³-hybridized carbons (Fsp3) is 0.556. The summed E-state index contributed by atoms with van der Waals surface area (Å²) in [6.45, 7) is 3.42. The molecule has 1 aliphatic carbocycles. The van der Waals surface area contributed by atoms with E-state index in [-0.39, 0.29) is 17.6 Å². The summed E-state index contributed by atoms with van der Waals surface area (Å²) in [5, 5.41) is 39.8. The molecule has 0 aliphatic heterocycles. The molecule has 1 rings (SSSR count). The van der Waals surface area contributed by atoms with Crippen molar-refractivity contribution in [2.75, 3.05) is 0 Å². The number of aliphatic hydroxyl groups is 3. The molecule has 1 aliphatic rings. The topological polar surface area (TPSA) is 115 Å². The summed E-state index contributed by atoms with van der Waals surface area (Å²) in [7, 11) is 0. The smallest absolute Gasteiger partial charge is 0.330 e. The third-order valence-corrected chi connectivity index (χ3v) is 4.20. The van der Waals surface area contributed by atoms with E-state index < -0.39 is 29.6 Å². The largest absolute Gasteiger partial charge is 0.478 e. The molecule has 0 saturated carbocycles. The Labute approximate surface area is 141 Å². The van der Waals surface area contributed by atoms with E-state index in [9.17, 15) is 24.9 Å². The van der Waals surface area contributed by atoms with Crippen molar-refractivity contribution in [2.45, 2.75) is 63.8 Å². The van der Waals surface area contributed by atoms with Crippen molar-refractivity contribution in [3.8, 4) is 0 Å². The van der Waals surface area contributed by atoms with E-state index in [0.29, 0.717) is 0 Å². The number of allylic oxidation sites excluding steroid dienone is 1.